The quantitative estimate of drug-likeness (QED) is 0.673. The number of benzene rings is 1. The van der Waals surface area contributed by atoms with Gasteiger partial charge in [0.1, 0.15) is 0 Å². The molecule has 2 rings (SSSR count). The van der Waals surface area contributed by atoms with E-state index in [0.717, 1.165) is 11.3 Å². The number of nitrogens with one attached hydrogen (secondary N) is 2. The van der Waals surface area contributed by atoms with Crippen molar-refractivity contribution in [2.45, 2.75) is 13.0 Å². The predicted octanol–water partition coefficient (Wildman–Crippen LogP) is 2.59. The van der Waals surface area contributed by atoms with Crippen molar-refractivity contribution in [2.24, 2.45) is 4.99 Å². The largest absolute Gasteiger partial charge is 0.338 e. The number of carbonyl (C=O) groups is 1. The fourth-order valence-electron chi connectivity index (χ4n) is 2.15. The maximum atomic E-state index is 11.9. The summed E-state index contributed by atoms with van der Waals surface area (Å²) in [5, 5.41) is 6.47. The maximum absolute atomic E-state index is 11.9. The molecule has 0 unspecified atom stereocenters. The van der Waals surface area contributed by atoms with Gasteiger partial charge in [-0.05, 0) is 29.8 Å². The second-order valence-electron chi connectivity index (χ2n) is 5.16. The molecule has 25 heavy (non-hydrogen) atoms. The van der Waals surface area contributed by atoms with Gasteiger partial charge in [-0.3, -0.25) is 0 Å². The third-order valence-electron chi connectivity index (χ3n) is 3.42. The zero-order chi connectivity index (χ0) is 18.2. The van der Waals surface area contributed by atoms with Crippen LogP contribution in [0.5, 0.6) is 0 Å². The Labute approximate surface area is 155 Å². The van der Waals surface area contributed by atoms with Crippen molar-refractivity contribution in [3.05, 3.63) is 76.0 Å². The summed E-state index contributed by atoms with van der Waals surface area (Å²) in [7, 11) is 0. The lowest BCUT2D eigenvalue weighted by Gasteiger charge is -2.11. The minimum Gasteiger partial charge on any atom is -0.338 e. The van der Waals surface area contributed by atoms with Crippen LogP contribution in [0.2, 0.25) is 10.0 Å². The summed E-state index contributed by atoms with van der Waals surface area (Å²) in [5.74, 6) is 5.97. The summed E-state index contributed by atoms with van der Waals surface area (Å²) in [5.41, 5.74) is 2.30. The van der Waals surface area contributed by atoms with E-state index >= 15 is 0 Å². The van der Waals surface area contributed by atoms with Crippen LogP contribution in [0.4, 0.5) is 4.79 Å². The minimum atomic E-state index is -0.276. The average Bonchev–Trinajstić information content (AvgIpc) is 2.59. The first-order valence-corrected chi connectivity index (χ1v) is 8.33. The second kappa shape index (κ2) is 9.15. The SMILES string of the molecule is C=C/N=c1/cccc(CCNC(=O)NCc2ccc(Cl)c(Cl)c2)n1N. The molecule has 0 aliphatic heterocycles. The van der Waals surface area contributed by atoms with Gasteiger partial charge in [-0.2, -0.15) is 0 Å². The van der Waals surface area contributed by atoms with Crippen molar-refractivity contribution in [1.82, 2.24) is 15.3 Å². The van der Waals surface area contributed by atoms with Gasteiger partial charge >= 0.3 is 6.03 Å². The standard InChI is InChI=1S/C17H19Cl2N5O/c1-2-21-16-5-3-4-13(24(16)20)8-9-22-17(25)23-11-12-6-7-14(18)15(19)10-12/h2-7,10H,1,8-9,11,20H2,(H2,22,23,25)/b21-16-. The first-order chi connectivity index (χ1) is 12.0. The van der Waals surface area contributed by atoms with Crippen molar-refractivity contribution in [3.63, 3.8) is 0 Å². The molecule has 1 aromatic heterocycles. The zero-order valence-corrected chi connectivity index (χ0v) is 15.0. The molecule has 0 aliphatic carbocycles. The molecule has 1 aromatic carbocycles. The topological polar surface area (TPSA) is 84.4 Å². The lowest BCUT2D eigenvalue weighted by Crippen LogP contribution is -2.37. The van der Waals surface area contributed by atoms with Gasteiger partial charge in [0.05, 0.1) is 10.0 Å². The first kappa shape index (κ1) is 18.9. The fourth-order valence-corrected chi connectivity index (χ4v) is 2.47. The van der Waals surface area contributed by atoms with E-state index in [-0.39, 0.29) is 6.03 Å². The third-order valence-corrected chi connectivity index (χ3v) is 4.16. The summed E-state index contributed by atoms with van der Waals surface area (Å²) in [4.78, 5) is 15.9. The van der Waals surface area contributed by atoms with Crippen molar-refractivity contribution in [1.29, 1.82) is 0 Å². The molecule has 2 aromatic rings. The van der Waals surface area contributed by atoms with Crippen LogP contribution in [-0.4, -0.2) is 17.3 Å². The number of pyridine rings is 1. The normalized spacial score (nSPS) is 11.2. The van der Waals surface area contributed by atoms with Crippen LogP contribution in [0, 0.1) is 0 Å². The van der Waals surface area contributed by atoms with E-state index < -0.39 is 0 Å². The zero-order valence-electron chi connectivity index (χ0n) is 13.5. The van der Waals surface area contributed by atoms with Crippen molar-refractivity contribution >= 4 is 29.2 Å². The number of hydrogen-bond donors (Lipinski definition) is 3. The molecule has 0 saturated carbocycles. The van der Waals surface area contributed by atoms with Crippen LogP contribution in [0.25, 0.3) is 0 Å². The first-order valence-electron chi connectivity index (χ1n) is 7.57. The lowest BCUT2D eigenvalue weighted by molar-refractivity contribution is 0.240. The Morgan fingerprint density at radius 2 is 2.04 bits per heavy atom. The monoisotopic (exact) mass is 379 g/mol. The van der Waals surface area contributed by atoms with Gasteiger partial charge in [-0.15, -0.1) is 0 Å². The van der Waals surface area contributed by atoms with Crippen LogP contribution in [-0.2, 0) is 13.0 Å². The number of amides is 2. The highest BCUT2D eigenvalue weighted by molar-refractivity contribution is 6.42. The van der Waals surface area contributed by atoms with Gasteiger partial charge in [0.2, 0.25) is 0 Å². The summed E-state index contributed by atoms with van der Waals surface area (Å²) < 4.78 is 1.47. The van der Waals surface area contributed by atoms with Crippen molar-refractivity contribution in [2.75, 3.05) is 12.4 Å². The summed E-state index contributed by atoms with van der Waals surface area (Å²) in [6.07, 6.45) is 1.99. The molecule has 0 aliphatic rings. The number of urea groups is 1. The van der Waals surface area contributed by atoms with Gasteiger partial charge in [-0.1, -0.05) is 41.9 Å². The number of hydrogen-bond acceptors (Lipinski definition) is 3. The Bertz CT molecular complexity index is 832. The molecular formula is C17H19Cl2N5O. The van der Waals surface area contributed by atoms with Crippen molar-refractivity contribution < 1.29 is 4.79 Å². The average molecular weight is 380 g/mol. The molecule has 0 saturated heterocycles. The molecule has 1 heterocycles. The Hall–Kier alpha value is -2.44. The van der Waals surface area contributed by atoms with E-state index in [1.165, 1.54) is 10.9 Å². The van der Waals surface area contributed by atoms with E-state index in [1.807, 2.05) is 12.1 Å². The number of halogens is 2. The van der Waals surface area contributed by atoms with Crippen LogP contribution in [0.1, 0.15) is 11.3 Å². The number of nitrogen functional groups attached to an aromatic ring is 1. The van der Waals surface area contributed by atoms with Crippen molar-refractivity contribution in [3.8, 4) is 0 Å². The van der Waals surface area contributed by atoms with E-state index in [2.05, 4.69) is 22.2 Å². The summed E-state index contributed by atoms with van der Waals surface area (Å²) >= 11 is 11.8. The maximum Gasteiger partial charge on any atom is 0.315 e. The highest BCUT2D eigenvalue weighted by Crippen LogP contribution is 2.22. The molecule has 0 atom stereocenters. The molecule has 6 nitrogen and oxygen atoms in total. The van der Waals surface area contributed by atoms with Gasteiger partial charge in [0, 0.05) is 31.4 Å². The molecule has 8 heteroatoms. The number of nitrogens with zero attached hydrogens (tertiary/aromatic N) is 2. The van der Waals surface area contributed by atoms with E-state index in [0.29, 0.717) is 35.0 Å². The number of rotatable bonds is 6. The molecule has 132 valence electrons. The summed E-state index contributed by atoms with van der Waals surface area (Å²) in [6.45, 7) is 4.34. The van der Waals surface area contributed by atoms with Gasteiger partial charge in [-0.25, -0.2) is 14.5 Å². The highest BCUT2D eigenvalue weighted by atomic mass is 35.5. The molecule has 2 amide bonds. The summed E-state index contributed by atoms with van der Waals surface area (Å²) in [6, 6.07) is 10.4. The predicted molar refractivity (Wildman–Crippen MR) is 101 cm³/mol. The van der Waals surface area contributed by atoms with E-state index in [1.54, 1.807) is 24.3 Å². The Morgan fingerprint density at radius 1 is 1.24 bits per heavy atom. The van der Waals surface area contributed by atoms with E-state index in [9.17, 15) is 4.79 Å². The van der Waals surface area contributed by atoms with Crippen LogP contribution < -0.4 is 22.0 Å². The Morgan fingerprint density at radius 3 is 2.76 bits per heavy atom. The fraction of sp³-hybridized carbons (Fsp3) is 0.176. The lowest BCUT2D eigenvalue weighted by atomic mass is 10.2. The Kier molecular flexibility index (Phi) is 6.91. The van der Waals surface area contributed by atoms with Crippen LogP contribution in [0.3, 0.4) is 0 Å². The highest BCUT2D eigenvalue weighted by Gasteiger charge is 2.04. The number of nitrogens with two attached hydrogens (primary N) is 1. The molecular weight excluding hydrogens is 361 g/mol. The number of carbonyl (C=O) groups excluding carboxylic acids is 1. The molecule has 4 N–H and O–H groups in total. The second-order valence-corrected chi connectivity index (χ2v) is 5.98. The Balaban J connectivity index is 1.83. The molecule has 0 radical (unpaired) electrons. The number of aromatic nitrogens is 1. The van der Waals surface area contributed by atoms with Gasteiger partial charge in [0.15, 0.2) is 5.49 Å². The smallest absolute Gasteiger partial charge is 0.315 e. The van der Waals surface area contributed by atoms with Gasteiger partial charge < -0.3 is 16.5 Å². The van der Waals surface area contributed by atoms with Crippen LogP contribution >= 0.6 is 23.2 Å². The molecule has 0 spiro atoms. The van der Waals surface area contributed by atoms with E-state index in [4.69, 9.17) is 29.0 Å². The molecule has 0 bridgehead atoms. The van der Waals surface area contributed by atoms with Crippen LogP contribution in [0.15, 0.2) is 54.2 Å². The third kappa shape index (κ3) is 5.55. The molecule has 0 fully saturated rings. The minimum absolute atomic E-state index is 0.276. The van der Waals surface area contributed by atoms with Gasteiger partial charge in [0.25, 0.3) is 0 Å².